The average molecular weight is 402 g/mol. The number of methoxy groups -OCH3 is 1. The third-order valence-electron chi connectivity index (χ3n) is 4.76. The van der Waals surface area contributed by atoms with Gasteiger partial charge in [0.1, 0.15) is 17.4 Å². The van der Waals surface area contributed by atoms with Gasteiger partial charge in [0.2, 0.25) is 5.91 Å². The van der Waals surface area contributed by atoms with Gasteiger partial charge in [0.15, 0.2) is 6.10 Å². The smallest absolute Gasteiger partial charge is 0.225 e. The third kappa shape index (κ3) is 5.10. The number of benzene rings is 2. The highest BCUT2D eigenvalue weighted by Crippen LogP contribution is 2.22. The predicted octanol–water partition coefficient (Wildman–Crippen LogP) is 4.15. The van der Waals surface area contributed by atoms with E-state index in [-0.39, 0.29) is 36.6 Å². The number of rotatable bonds is 7. The Morgan fingerprint density at radius 3 is 2.59 bits per heavy atom. The molecule has 5 nitrogen and oxygen atoms in total. The summed E-state index contributed by atoms with van der Waals surface area (Å²) in [6.07, 6.45) is 0.193. The molecule has 0 aromatic heterocycles. The molecule has 1 heterocycles. The van der Waals surface area contributed by atoms with Crippen LogP contribution in [0.5, 0.6) is 5.75 Å². The fourth-order valence-corrected chi connectivity index (χ4v) is 3.18. The molecule has 2 aromatic rings. The van der Waals surface area contributed by atoms with Crippen LogP contribution >= 0.6 is 0 Å². The fourth-order valence-electron chi connectivity index (χ4n) is 3.18. The molecule has 7 heteroatoms. The minimum atomic E-state index is -0.672. The summed E-state index contributed by atoms with van der Waals surface area (Å²) in [4.78, 5) is 19.7. The zero-order chi connectivity index (χ0) is 21.0. The maximum absolute atomic E-state index is 14.1. The minimum Gasteiger partial charge on any atom is -0.497 e. The molecule has 1 aliphatic heterocycles. The van der Waals surface area contributed by atoms with Crippen molar-refractivity contribution in [2.45, 2.75) is 32.9 Å². The molecular weight excluding hydrogens is 378 g/mol. The normalized spacial score (nSPS) is 15.8. The van der Waals surface area contributed by atoms with Crippen LogP contribution in [0, 0.1) is 17.6 Å². The molecule has 29 heavy (non-hydrogen) atoms. The highest BCUT2D eigenvalue weighted by atomic mass is 19.1. The summed E-state index contributed by atoms with van der Waals surface area (Å²) in [6, 6.07) is 10.9. The number of amides is 1. The largest absolute Gasteiger partial charge is 0.497 e. The molecule has 154 valence electrons. The van der Waals surface area contributed by atoms with Crippen LogP contribution in [0.15, 0.2) is 47.6 Å². The fraction of sp³-hybridized carbons (Fsp3) is 0.364. The maximum atomic E-state index is 14.1. The lowest BCUT2D eigenvalue weighted by Crippen LogP contribution is -2.39. The lowest BCUT2D eigenvalue weighted by molar-refractivity contribution is -0.137. The van der Waals surface area contributed by atoms with Crippen molar-refractivity contribution in [2.75, 3.05) is 13.7 Å². The molecule has 1 aliphatic rings. The molecule has 2 aromatic carbocycles. The lowest BCUT2D eigenvalue weighted by Gasteiger charge is -2.26. The summed E-state index contributed by atoms with van der Waals surface area (Å²) >= 11 is 0. The Balaban J connectivity index is 1.69. The van der Waals surface area contributed by atoms with Crippen LogP contribution in [0.3, 0.4) is 0 Å². The molecule has 0 saturated carbocycles. The van der Waals surface area contributed by atoms with Crippen molar-refractivity contribution in [3.8, 4) is 5.75 Å². The summed E-state index contributed by atoms with van der Waals surface area (Å²) in [7, 11) is 1.60. The third-order valence-corrected chi connectivity index (χ3v) is 4.76. The number of carbonyl (C=O) groups excluding carboxylic acids is 1. The van der Waals surface area contributed by atoms with Gasteiger partial charge in [-0.2, -0.15) is 0 Å². The summed E-state index contributed by atoms with van der Waals surface area (Å²) in [6.45, 7) is 3.87. The van der Waals surface area contributed by atoms with Gasteiger partial charge in [-0.25, -0.2) is 8.78 Å². The number of oxime groups is 1. The van der Waals surface area contributed by atoms with E-state index in [0.29, 0.717) is 6.42 Å². The SMILES string of the molecule is COc1ccc(C2=NO[C@H](CN(Cc3ccc(F)cc3F)C(=O)C(C)C)C2)cc1. The van der Waals surface area contributed by atoms with Crippen molar-refractivity contribution < 1.29 is 23.1 Å². The van der Waals surface area contributed by atoms with Gasteiger partial charge in [-0.3, -0.25) is 4.79 Å². The monoisotopic (exact) mass is 402 g/mol. The van der Waals surface area contributed by atoms with Crippen molar-refractivity contribution in [1.82, 2.24) is 4.90 Å². The van der Waals surface area contributed by atoms with E-state index >= 15 is 0 Å². The second-order valence-corrected chi connectivity index (χ2v) is 7.31. The van der Waals surface area contributed by atoms with Gasteiger partial charge in [0.05, 0.1) is 19.4 Å². The molecule has 3 rings (SSSR count). The summed E-state index contributed by atoms with van der Waals surface area (Å²) < 4.78 is 32.4. The van der Waals surface area contributed by atoms with Crippen molar-refractivity contribution in [3.05, 3.63) is 65.2 Å². The van der Waals surface area contributed by atoms with Crippen LogP contribution in [0.2, 0.25) is 0 Å². The van der Waals surface area contributed by atoms with Gasteiger partial charge < -0.3 is 14.5 Å². The number of hydrogen-bond donors (Lipinski definition) is 0. The van der Waals surface area contributed by atoms with Crippen LogP contribution < -0.4 is 4.74 Å². The zero-order valence-corrected chi connectivity index (χ0v) is 16.7. The van der Waals surface area contributed by atoms with Gasteiger partial charge in [-0.05, 0) is 35.9 Å². The molecule has 0 saturated heterocycles. The Kier molecular flexibility index (Phi) is 6.46. The number of hydrogen-bond acceptors (Lipinski definition) is 4. The highest BCUT2D eigenvalue weighted by molar-refractivity contribution is 6.01. The van der Waals surface area contributed by atoms with Crippen molar-refractivity contribution >= 4 is 11.6 Å². The average Bonchev–Trinajstić information content (AvgIpc) is 3.17. The maximum Gasteiger partial charge on any atom is 0.225 e. The van der Waals surface area contributed by atoms with Crippen LogP contribution in [0.25, 0.3) is 0 Å². The van der Waals surface area contributed by atoms with Crippen molar-refractivity contribution in [2.24, 2.45) is 11.1 Å². The first kappa shape index (κ1) is 20.8. The molecule has 0 radical (unpaired) electrons. The van der Waals surface area contributed by atoms with Crippen LogP contribution in [-0.4, -0.2) is 36.3 Å². The van der Waals surface area contributed by atoms with E-state index in [0.717, 1.165) is 23.1 Å². The topological polar surface area (TPSA) is 51.1 Å². The van der Waals surface area contributed by atoms with E-state index in [1.807, 2.05) is 24.3 Å². The Morgan fingerprint density at radius 1 is 1.24 bits per heavy atom. The number of carbonyl (C=O) groups is 1. The number of halogens is 2. The second-order valence-electron chi connectivity index (χ2n) is 7.31. The molecular formula is C22H24F2N2O3. The first-order valence-electron chi connectivity index (χ1n) is 9.47. The Labute approximate surface area is 168 Å². The lowest BCUT2D eigenvalue weighted by atomic mass is 10.0. The molecule has 0 fully saturated rings. The molecule has 0 unspecified atom stereocenters. The van der Waals surface area contributed by atoms with E-state index in [1.54, 1.807) is 21.0 Å². The first-order chi connectivity index (χ1) is 13.9. The van der Waals surface area contributed by atoms with E-state index in [9.17, 15) is 13.6 Å². The molecule has 0 spiro atoms. The van der Waals surface area contributed by atoms with Gasteiger partial charge in [0, 0.05) is 30.5 Å². The summed E-state index contributed by atoms with van der Waals surface area (Å²) in [5, 5.41) is 4.15. The van der Waals surface area contributed by atoms with E-state index in [1.165, 1.54) is 17.0 Å². The Morgan fingerprint density at radius 2 is 1.97 bits per heavy atom. The van der Waals surface area contributed by atoms with Crippen LogP contribution in [-0.2, 0) is 16.2 Å². The van der Waals surface area contributed by atoms with Gasteiger partial charge in [-0.15, -0.1) is 0 Å². The Hall–Kier alpha value is -2.96. The minimum absolute atomic E-state index is 0.0425. The quantitative estimate of drug-likeness (QED) is 0.699. The van der Waals surface area contributed by atoms with E-state index < -0.39 is 11.6 Å². The van der Waals surface area contributed by atoms with Gasteiger partial charge in [-0.1, -0.05) is 25.1 Å². The number of ether oxygens (including phenoxy) is 1. The molecule has 1 amide bonds. The predicted molar refractivity (Wildman–Crippen MR) is 106 cm³/mol. The van der Waals surface area contributed by atoms with E-state index in [4.69, 9.17) is 9.57 Å². The first-order valence-corrected chi connectivity index (χ1v) is 9.47. The van der Waals surface area contributed by atoms with Crippen LogP contribution in [0.4, 0.5) is 8.78 Å². The molecule has 0 N–H and O–H groups in total. The highest BCUT2D eigenvalue weighted by Gasteiger charge is 2.28. The second kappa shape index (κ2) is 9.03. The molecule has 0 aliphatic carbocycles. The van der Waals surface area contributed by atoms with Crippen molar-refractivity contribution in [1.29, 1.82) is 0 Å². The molecule has 0 bridgehead atoms. The van der Waals surface area contributed by atoms with Gasteiger partial charge in [0.25, 0.3) is 0 Å². The van der Waals surface area contributed by atoms with Crippen molar-refractivity contribution in [3.63, 3.8) is 0 Å². The number of nitrogens with zero attached hydrogens (tertiary/aromatic N) is 2. The van der Waals surface area contributed by atoms with E-state index in [2.05, 4.69) is 5.16 Å². The van der Waals surface area contributed by atoms with Gasteiger partial charge >= 0.3 is 0 Å². The Bertz CT molecular complexity index is 897. The van der Waals surface area contributed by atoms with Crippen LogP contribution in [0.1, 0.15) is 31.4 Å². The molecule has 1 atom stereocenters. The summed E-state index contributed by atoms with van der Waals surface area (Å²) in [5.74, 6) is -0.962. The zero-order valence-electron chi connectivity index (χ0n) is 16.7. The standard InChI is InChI=1S/C22H24F2N2O3/c1-14(2)22(27)26(12-16-4-7-17(23)10-20(16)24)13-19-11-21(25-29-19)15-5-8-18(28-3)9-6-15/h4-10,14,19H,11-13H2,1-3H3/t19-/m0/s1. The summed E-state index contributed by atoms with van der Waals surface area (Å²) in [5.41, 5.74) is 1.96.